The molecular weight excluding hydrogens is 267 g/mol. The van der Waals surface area contributed by atoms with Crippen LogP contribution in [0.15, 0.2) is 42.5 Å². The van der Waals surface area contributed by atoms with Crippen LogP contribution in [0.3, 0.4) is 0 Å². The molecule has 3 nitrogen and oxygen atoms in total. The predicted octanol–water partition coefficient (Wildman–Crippen LogP) is 3.50. The number of rotatable bonds is 5. The van der Waals surface area contributed by atoms with Gasteiger partial charge >= 0.3 is 0 Å². The third-order valence-electron chi connectivity index (χ3n) is 3.19. The number of carbonyl (C=O) groups excluding carboxylic acids is 1. The highest BCUT2D eigenvalue weighted by atomic mass is 19.1. The van der Waals surface area contributed by atoms with E-state index in [-0.39, 0.29) is 11.7 Å². The van der Waals surface area contributed by atoms with Gasteiger partial charge < -0.3 is 10.6 Å². The second-order valence-electron chi connectivity index (χ2n) is 4.87. The van der Waals surface area contributed by atoms with E-state index in [2.05, 4.69) is 10.6 Å². The smallest absolute Gasteiger partial charge is 0.251 e. The topological polar surface area (TPSA) is 41.1 Å². The lowest BCUT2D eigenvalue weighted by molar-refractivity contribution is 0.0950. The zero-order valence-electron chi connectivity index (χ0n) is 12.2. The van der Waals surface area contributed by atoms with Crippen molar-refractivity contribution >= 4 is 11.6 Å². The van der Waals surface area contributed by atoms with Gasteiger partial charge in [-0.15, -0.1) is 0 Å². The zero-order valence-corrected chi connectivity index (χ0v) is 12.2. The number of aryl methyl sites for hydroxylation is 1. The van der Waals surface area contributed by atoms with Crippen LogP contribution in [0.5, 0.6) is 0 Å². The molecule has 2 aromatic rings. The van der Waals surface area contributed by atoms with Crippen LogP contribution in [-0.4, -0.2) is 12.5 Å². The molecule has 0 unspecified atom stereocenters. The summed E-state index contributed by atoms with van der Waals surface area (Å²) < 4.78 is 13.1. The largest absolute Gasteiger partial charge is 0.385 e. The molecule has 4 heteroatoms. The molecule has 0 radical (unpaired) electrons. The molecule has 1 amide bonds. The summed E-state index contributed by atoms with van der Waals surface area (Å²) in [6.07, 6.45) is 0. The van der Waals surface area contributed by atoms with Gasteiger partial charge in [-0.2, -0.15) is 0 Å². The fourth-order valence-electron chi connectivity index (χ4n) is 2.16. The van der Waals surface area contributed by atoms with Crippen molar-refractivity contribution in [1.82, 2.24) is 5.32 Å². The number of hydrogen-bond acceptors (Lipinski definition) is 2. The molecule has 21 heavy (non-hydrogen) atoms. The minimum absolute atomic E-state index is 0.153. The van der Waals surface area contributed by atoms with Gasteiger partial charge in [-0.3, -0.25) is 4.79 Å². The highest BCUT2D eigenvalue weighted by molar-refractivity contribution is 5.96. The molecule has 2 aromatic carbocycles. The number of nitrogens with one attached hydrogen (secondary N) is 2. The molecule has 0 saturated heterocycles. The molecule has 0 bridgehead atoms. The first-order valence-corrected chi connectivity index (χ1v) is 6.97. The second kappa shape index (κ2) is 6.88. The number of benzene rings is 2. The lowest BCUT2D eigenvalue weighted by atomic mass is 10.1. The van der Waals surface area contributed by atoms with E-state index in [4.69, 9.17) is 0 Å². The molecule has 0 aliphatic heterocycles. The van der Waals surface area contributed by atoms with Crippen molar-refractivity contribution < 1.29 is 9.18 Å². The van der Waals surface area contributed by atoms with E-state index >= 15 is 0 Å². The average molecular weight is 286 g/mol. The molecule has 0 heterocycles. The van der Waals surface area contributed by atoms with E-state index in [0.29, 0.717) is 12.1 Å². The Kier molecular flexibility index (Phi) is 4.93. The Bertz CT molecular complexity index is 640. The van der Waals surface area contributed by atoms with Gasteiger partial charge in [0.25, 0.3) is 5.91 Å². The highest BCUT2D eigenvalue weighted by Crippen LogP contribution is 2.15. The van der Waals surface area contributed by atoms with Crippen LogP contribution < -0.4 is 10.6 Å². The van der Waals surface area contributed by atoms with Crippen LogP contribution in [-0.2, 0) is 6.54 Å². The van der Waals surface area contributed by atoms with Crippen molar-refractivity contribution in [3.05, 3.63) is 65.0 Å². The van der Waals surface area contributed by atoms with E-state index in [1.54, 1.807) is 18.2 Å². The third kappa shape index (κ3) is 4.05. The number of carbonyl (C=O) groups is 1. The number of hydrogen-bond donors (Lipinski definition) is 2. The van der Waals surface area contributed by atoms with Crippen molar-refractivity contribution in [3.8, 4) is 0 Å². The maximum Gasteiger partial charge on any atom is 0.251 e. The Morgan fingerprint density at radius 2 is 2.00 bits per heavy atom. The first-order chi connectivity index (χ1) is 10.1. The zero-order chi connectivity index (χ0) is 15.2. The molecule has 0 atom stereocenters. The van der Waals surface area contributed by atoms with E-state index in [9.17, 15) is 9.18 Å². The standard InChI is InChI=1S/C17H19FN2O/c1-3-19-15-7-8-16(12(2)9-15)17(21)20-11-13-5-4-6-14(18)10-13/h4-10,19H,3,11H2,1-2H3,(H,20,21). The van der Waals surface area contributed by atoms with E-state index < -0.39 is 0 Å². The van der Waals surface area contributed by atoms with Gasteiger partial charge in [0.1, 0.15) is 5.82 Å². The Labute approximate surface area is 124 Å². The van der Waals surface area contributed by atoms with Gasteiger partial charge in [-0.05, 0) is 55.3 Å². The molecule has 2 rings (SSSR count). The molecule has 0 fully saturated rings. The maximum absolute atomic E-state index is 13.1. The summed E-state index contributed by atoms with van der Waals surface area (Å²) in [5.74, 6) is -0.451. The lowest BCUT2D eigenvalue weighted by Crippen LogP contribution is -2.23. The van der Waals surface area contributed by atoms with Crippen molar-refractivity contribution in [3.63, 3.8) is 0 Å². The molecule has 0 spiro atoms. The van der Waals surface area contributed by atoms with Crippen molar-refractivity contribution in [2.45, 2.75) is 20.4 Å². The fourth-order valence-corrected chi connectivity index (χ4v) is 2.16. The Morgan fingerprint density at radius 3 is 2.67 bits per heavy atom. The minimum Gasteiger partial charge on any atom is -0.385 e. The highest BCUT2D eigenvalue weighted by Gasteiger charge is 2.09. The van der Waals surface area contributed by atoms with Crippen LogP contribution in [0, 0.1) is 12.7 Å². The van der Waals surface area contributed by atoms with Crippen molar-refractivity contribution in [1.29, 1.82) is 0 Å². The molecule has 0 aromatic heterocycles. The normalized spacial score (nSPS) is 10.2. The summed E-state index contributed by atoms with van der Waals surface area (Å²) >= 11 is 0. The van der Waals surface area contributed by atoms with Gasteiger partial charge in [-0.1, -0.05) is 12.1 Å². The quantitative estimate of drug-likeness (QED) is 0.883. The van der Waals surface area contributed by atoms with Crippen LogP contribution in [0.1, 0.15) is 28.4 Å². The second-order valence-corrected chi connectivity index (χ2v) is 4.87. The van der Waals surface area contributed by atoms with Crippen LogP contribution in [0.25, 0.3) is 0 Å². The summed E-state index contributed by atoms with van der Waals surface area (Å²) in [4.78, 5) is 12.2. The van der Waals surface area contributed by atoms with E-state index in [1.807, 2.05) is 26.0 Å². The maximum atomic E-state index is 13.1. The molecule has 0 aliphatic rings. The van der Waals surface area contributed by atoms with Crippen LogP contribution >= 0.6 is 0 Å². The van der Waals surface area contributed by atoms with Gasteiger partial charge in [0, 0.05) is 24.3 Å². The molecular formula is C17H19FN2O. The molecule has 2 N–H and O–H groups in total. The van der Waals surface area contributed by atoms with E-state index in [0.717, 1.165) is 23.4 Å². The van der Waals surface area contributed by atoms with Gasteiger partial charge in [0.2, 0.25) is 0 Å². The molecule has 0 aliphatic carbocycles. The first kappa shape index (κ1) is 15.0. The summed E-state index contributed by atoms with van der Waals surface area (Å²) in [6, 6.07) is 11.8. The first-order valence-electron chi connectivity index (χ1n) is 6.97. The Hall–Kier alpha value is -2.36. The summed E-state index contributed by atoms with van der Waals surface area (Å²) in [5.41, 5.74) is 3.28. The molecule has 0 saturated carbocycles. The van der Waals surface area contributed by atoms with Gasteiger partial charge in [-0.25, -0.2) is 4.39 Å². The number of anilines is 1. The third-order valence-corrected chi connectivity index (χ3v) is 3.19. The SMILES string of the molecule is CCNc1ccc(C(=O)NCc2cccc(F)c2)c(C)c1. The lowest BCUT2D eigenvalue weighted by Gasteiger charge is -2.10. The van der Waals surface area contributed by atoms with Crippen molar-refractivity contribution in [2.75, 3.05) is 11.9 Å². The molecule has 110 valence electrons. The Balaban J connectivity index is 2.03. The van der Waals surface area contributed by atoms with Gasteiger partial charge in [0.05, 0.1) is 0 Å². The van der Waals surface area contributed by atoms with Crippen LogP contribution in [0.4, 0.5) is 10.1 Å². The minimum atomic E-state index is -0.298. The predicted molar refractivity (Wildman–Crippen MR) is 82.9 cm³/mol. The number of amides is 1. The summed E-state index contributed by atoms with van der Waals surface area (Å²) in [7, 11) is 0. The summed E-state index contributed by atoms with van der Waals surface area (Å²) in [5, 5.41) is 6.01. The van der Waals surface area contributed by atoms with Crippen LogP contribution in [0.2, 0.25) is 0 Å². The fraction of sp³-hybridized carbons (Fsp3) is 0.235. The monoisotopic (exact) mass is 286 g/mol. The summed E-state index contributed by atoms with van der Waals surface area (Å²) in [6.45, 7) is 5.07. The van der Waals surface area contributed by atoms with Crippen molar-refractivity contribution in [2.24, 2.45) is 0 Å². The number of halogens is 1. The average Bonchev–Trinajstić information content (AvgIpc) is 2.45. The van der Waals surface area contributed by atoms with E-state index in [1.165, 1.54) is 12.1 Å². The Morgan fingerprint density at radius 1 is 1.19 bits per heavy atom. The van der Waals surface area contributed by atoms with Gasteiger partial charge in [0.15, 0.2) is 0 Å².